The van der Waals surface area contributed by atoms with E-state index < -0.39 is 0 Å². The Morgan fingerprint density at radius 3 is 2.76 bits per heavy atom. The van der Waals surface area contributed by atoms with Gasteiger partial charge in [-0.3, -0.25) is 9.48 Å². The van der Waals surface area contributed by atoms with Crippen molar-refractivity contribution in [2.75, 3.05) is 0 Å². The summed E-state index contributed by atoms with van der Waals surface area (Å²) in [5.74, 6) is 1.17. The molecule has 0 radical (unpaired) electrons. The van der Waals surface area contributed by atoms with Gasteiger partial charge in [-0.1, -0.05) is 36.7 Å². The first-order chi connectivity index (χ1) is 20.2. The Morgan fingerprint density at radius 2 is 2.00 bits per heavy atom. The van der Waals surface area contributed by atoms with Crippen molar-refractivity contribution in [3.05, 3.63) is 75.8 Å². The number of aryl methyl sites for hydroxylation is 2. The highest BCUT2D eigenvalue weighted by Crippen LogP contribution is 2.46. The second-order valence-electron chi connectivity index (χ2n) is 12.6. The van der Waals surface area contributed by atoms with Crippen molar-refractivity contribution in [1.29, 1.82) is 0 Å². The number of aromatic nitrogens is 5. The molecule has 2 aliphatic carbocycles. The summed E-state index contributed by atoms with van der Waals surface area (Å²) < 4.78 is 7.43. The number of amides is 1. The standard InChI is InChI=1S/C33H37N7O2/c1-18(2)40-20(4)28(19(3)38-40)27-17-25-23(12-15-34-29(25)35-27)22-10-11-24-21(16-22)8-6-7-9-26(24)36-30(41)31-37-32(39-42-31)33(5)13-14-33/h10-12,15-16,18,26H,6-9,13-14,17H2,1-5H3,(H,36,41)/t26-/m0/s1. The minimum absolute atomic E-state index is 0.0417. The number of nitrogens with one attached hydrogen (secondary N) is 1. The fraction of sp³-hybridized carbons (Fsp3) is 0.455. The molecular weight excluding hydrogens is 526 g/mol. The van der Waals surface area contributed by atoms with E-state index in [-0.39, 0.29) is 23.3 Å². The Bertz CT molecular complexity index is 1740. The second kappa shape index (κ2) is 10.00. The van der Waals surface area contributed by atoms with Crippen LogP contribution in [0.2, 0.25) is 0 Å². The molecule has 4 heterocycles. The molecular formula is C33H37N7O2. The molecule has 1 aromatic carbocycles. The summed E-state index contributed by atoms with van der Waals surface area (Å²) >= 11 is 0. The number of hydrogen-bond donors (Lipinski definition) is 1. The van der Waals surface area contributed by atoms with Crippen molar-refractivity contribution in [3.8, 4) is 11.1 Å². The Balaban J connectivity index is 1.15. The van der Waals surface area contributed by atoms with Gasteiger partial charge in [-0.25, -0.2) is 9.98 Å². The van der Waals surface area contributed by atoms with Crippen LogP contribution < -0.4 is 5.32 Å². The fourth-order valence-electron chi connectivity index (χ4n) is 6.58. The van der Waals surface area contributed by atoms with Gasteiger partial charge in [0.05, 0.1) is 17.4 Å². The van der Waals surface area contributed by atoms with Gasteiger partial charge in [0.2, 0.25) is 0 Å². The number of carbonyl (C=O) groups is 1. The first-order valence-corrected chi connectivity index (χ1v) is 15.1. The summed E-state index contributed by atoms with van der Waals surface area (Å²) in [7, 11) is 0. The minimum atomic E-state index is -0.303. The lowest BCUT2D eigenvalue weighted by atomic mass is 9.91. The van der Waals surface area contributed by atoms with Crippen LogP contribution in [0.15, 0.2) is 40.0 Å². The van der Waals surface area contributed by atoms with E-state index in [1.54, 1.807) is 0 Å². The van der Waals surface area contributed by atoms with Gasteiger partial charge in [0.1, 0.15) is 0 Å². The predicted octanol–water partition coefficient (Wildman–Crippen LogP) is 6.45. The first kappa shape index (κ1) is 26.7. The summed E-state index contributed by atoms with van der Waals surface area (Å²) in [4.78, 5) is 27.1. The van der Waals surface area contributed by atoms with E-state index in [0.29, 0.717) is 11.9 Å². The van der Waals surface area contributed by atoms with Crippen LogP contribution in [-0.4, -0.2) is 36.5 Å². The Hall–Kier alpha value is -4.14. The van der Waals surface area contributed by atoms with Crippen LogP contribution in [0, 0.1) is 13.8 Å². The Morgan fingerprint density at radius 1 is 1.17 bits per heavy atom. The SMILES string of the molecule is Cc1nn(C(C)C)c(C)c1C1=Nc2nccc(-c3ccc4c(c3)CCCC[C@@H]4NC(=O)c3nc(C4(C)CC4)no3)c2C1. The molecule has 0 spiro atoms. The molecule has 216 valence electrons. The van der Waals surface area contributed by atoms with E-state index in [9.17, 15) is 4.79 Å². The predicted molar refractivity (Wildman–Crippen MR) is 160 cm³/mol. The average molecular weight is 564 g/mol. The smallest absolute Gasteiger partial charge is 0.315 e. The fourth-order valence-corrected chi connectivity index (χ4v) is 6.58. The van der Waals surface area contributed by atoms with Crippen molar-refractivity contribution in [1.82, 2.24) is 30.2 Å². The molecule has 1 saturated carbocycles. The highest BCUT2D eigenvalue weighted by molar-refractivity contribution is 6.08. The number of rotatable bonds is 6. The molecule has 4 aromatic rings. The number of pyridine rings is 1. The lowest BCUT2D eigenvalue weighted by Crippen LogP contribution is -2.29. The van der Waals surface area contributed by atoms with Crippen molar-refractivity contribution in [3.63, 3.8) is 0 Å². The molecule has 0 saturated heterocycles. The van der Waals surface area contributed by atoms with E-state index in [1.165, 1.54) is 5.56 Å². The van der Waals surface area contributed by atoms with Gasteiger partial charge in [0, 0.05) is 40.9 Å². The molecule has 1 aliphatic heterocycles. The minimum Gasteiger partial charge on any atom is -0.341 e. The molecule has 1 fully saturated rings. The van der Waals surface area contributed by atoms with E-state index in [1.807, 2.05) is 6.20 Å². The lowest BCUT2D eigenvalue weighted by Gasteiger charge is -2.19. The summed E-state index contributed by atoms with van der Waals surface area (Å²) in [6, 6.07) is 8.93. The van der Waals surface area contributed by atoms with Gasteiger partial charge in [0.25, 0.3) is 0 Å². The van der Waals surface area contributed by atoms with Crippen molar-refractivity contribution >= 4 is 17.4 Å². The number of aliphatic imine (C=N–C) groups is 1. The molecule has 42 heavy (non-hydrogen) atoms. The zero-order chi connectivity index (χ0) is 29.2. The van der Waals surface area contributed by atoms with E-state index in [0.717, 1.165) is 95.7 Å². The highest BCUT2D eigenvalue weighted by atomic mass is 16.5. The maximum atomic E-state index is 13.1. The Labute approximate surface area is 245 Å². The third-order valence-electron chi connectivity index (χ3n) is 9.20. The van der Waals surface area contributed by atoms with Crippen LogP contribution in [-0.2, 0) is 18.3 Å². The molecule has 3 aliphatic rings. The third kappa shape index (κ3) is 4.55. The first-order valence-electron chi connectivity index (χ1n) is 15.1. The third-order valence-corrected chi connectivity index (χ3v) is 9.20. The maximum Gasteiger partial charge on any atom is 0.315 e. The van der Waals surface area contributed by atoms with E-state index >= 15 is 0 Å². The molecule has 7 rings (SSSR count). The van der Waals surface area contributed by atoms with Gasteiger partial charge >= 0.3 is 11.8 Å². The van der Waals surface area contributed by atoms with Crippen LogP contribution in [0.1, 0.15) is 115 Å². The number of benzene rings is 1. The molecule has 9 nitrogen and oxygen atoms in total. The van der Waals surface area contributed by atoms with Crippen LogP contribution in [0.3, 0.4) is 0 Å². The average Bonchev–Trinajstić information content (AvgIpc) is 3.28. The van der Waals surface area contributed by atoms with Gasteiger partial charge in [-0.05, 0) is 88.1 Å². The topological polar surface area (TPSA) is 111 Å². The molecule has 9 heteroatoms. The van der Waals surface area contributed by atoms with Gasteiger partial charge in [-0.2, -0.15) is 10.1 Å². The quantitative estimate of drug-likeness (QED) is 0.270. The second-order valence-corrected chi connectivity index (χ2v) is 12.6. The molecule has 0 bridgehead atoms. The molecule has 3 aromatic heterocycles. The van der Waals surface area contributed by atoms with Gasteiger partial charge < -0.3 is 9.84 Å². The van der Waals surface area contributed by atoms with Crippen LogP contribution in [0.5, 0.6) is 0 Å². The number of nitrogens with zero attached hydrogens (tertiary/aromatic N) is 6. The number of fused-ring (bicyclic) bond motifs is 2. The summed E-state index contributed by atoms with van der Waals surface area (Å²) in [6.45, 7) is 10.6. The Kier molecular flexibility index (Phi) is 6.36. The maximum absolute atomic E-state index is 13.1. The van der Waals surface area contributed by atoms with Gasteiger partial charge in [0.15, 0.2) is 11.6 Å². The molecule has 1 N–H and O–H groups in total. The summed E-state index contributed by atoms with van der Waals surface area (Å²) in [5, 5.41) is 12.1. The largest absolute Gasteiger partial charge is 0.341 e. The van der Waals surface area contributed by atoms with Crippen molar-refractivity contribution in [2.24, 2.45) is 4.99 Å². The van der Waals surface area contributed by atoms with Crippen LogP contribution >= 0.6 is 0 Å². The summed E-state index contributed by atoms with van der Waals surface area (Å²) in [6.07, 6.45) is 8.60. The van der Waals surface area contributed by atoms with Gasteiger partial charge in [-0.15, -0.1) is 0 Å². The van der Waals surface area contributed by atoms with E-state index in [2.05, 4.69) is 84.0 Å². The van der Waals surface area contributed by atoms with Crippen molar-refractivity contribution in [2.45, 2.75) is 97.1 Å². The van der Waals surface area contributed by atoms with Crippen LogP contribution in [0.4, 0.5) is 5.82 Å². The number of hydrogen-bond acceptors (Lipinski definition) is 7. The zero-order valence-corrected chi connectivity index (χ0v) is 25.0. The number of carbonyl (C=O) groups excluding carboxylic acids is 1. The van der Waals surface area contributed by atoms with Crippen molar-refractivity contribution < 1.29 is 9.32 Å². The monoisotopic (exact) mass is 563 g/mol. The molecule has 1 atom stereocenters. The van der Waals surface area contributed by atoms with Crippen LogP contribution in [0.25, 0.3) is 11.1 Å². The normalized spacial score (nSPS) is 18.8. The van der Waals surface area contributed by atoms with E-state index in [4.69, 9.17) is 14.6 Å². The molecule has 0 unspecified atom stereocenters. The highest BCUT2D eigenvalue weighted by Gasteiger charge is 2.44. The lowest BCUT2D eigenvalue weighted by molar-refractivity contribution is 0.0890. The summed E-state index contributed by atoms with van der Waals surface area (Å²) in [5.41, 5.74) is 10.2. The zero-order valence-electron chi connectivity index (χ0n) is 25.0. The molecule has 1 amide bonds.